The Morgan fingerprint density at radius 1 is 0.913 bits per heavy atom. The van der Waals surface area contributed by atoms with Gasteiger partial charge >= 0.3 is 153 Å². The minimum atomic E-state index is -4.18. The van der Waals surface area contributed by atoms with Gasteiger partial charge in [0.15, 0.2) is 0 Å². The third-order valence-corrected chi connectivity index (χ3v) is 6.86. The summed E-state index contributed by atoms with van der Waals surface area (Å²) in [4.78, 5) is 11.2. The second-order valence-corrected chi connectivity index (χ2v) is 12.2. The summed E-state index contributed by atoms with van der Waals surface area (Å²) in [7, 11) is 0. The molecule has 0 N–H and O–H groups in total. The van der Waals surface area contributed by atoms with Crippen LogP contribution in [0, 0.1) is 0 Å². The Morgan fingerprint density at radius 2 is 1.57 bits per heavy atom. The van der Waals surface area contributed by atoms with Crippen molar-refractivity contribution in [2.24, 2.45) is 0 Å². The van der Waals surface area contributed by atoms with E-state index in [2.05, 4.69) is 0 Å². The molecule has 3 nitrogen and oxygen atoms in total. The summed E-state index contributed by atoms with van der Waals surface area (Å²) in [5, 5.41) is -0.319. The van der Waals surface area contributed by atoms with Gasteiger partial charge in [0.1, 0.15) is 0 Å². The van der Waals surface area contributed by atoms with E-state index in [-0.39, 0.29) is 11.3 Å². The van der Waals surface area contributed by atoms with Gasteiger partial charge in [-0.1, -0.05) is 0 Å². The average Bonchev–Trinajstić information content (AvgIpc) is 2.77. The molecular weight excluding hydrogens is 401 g/mol. The molecule has 0 radical (unpaired) electrons. The van der Waals surface area contributed by atoms with Crippen molar-refractivity contribution in [3.63, 3.8) is 0 Å². The minimum absolute atomic E-state index is 0.243. The quantitative estimate of drug-likeness (QED) is 0.414. The summed E-state index contributed by atoms with van der Waals surface area (Å²) in [6, 6.07) is 13.6. The van der Waals surface area contributed by atoms with Crippen LogP contribution in [0.1, 0.15) is 15.9 Å². The molecule has 1 heterocycles. The molecular formula is C15H9Cl4O3P. The Labute approximate surface area is 152 Å². The Balaban J connectivity index is 1.97. The molecule has 0 aromatic heterocycles. The van der Waals surface area contributed by atoms with Crippen molar-refractivity contribution in [1.82, 2.24) is 0 Å². The van der Waals surface area contributed by atoms with E-state index < -0.39 is 11.0 Å². The molecule has 0 unspecified atom stereocenters. The van der Waals surface area contributed by atoms with Crippen LogP contribution in [0.15, 0.2) is 54.3 Å². The zero-order valence-corrected chi connectivity index (χ0v) is 15.3. The fourth-order valence-electron chi connectivity index (χ4n) is 2.04. The molecule has 0 spiro atoms. The van der Waals surface area contributed by atoms with Crippen molar-refractivity contribution >= 4 is 61.7 Å². The van der Waals surface area contributed by atoms with Gasteiger partial charge in [0, 0.05) is 0 Å². The van der Waals surface area contributed by atoms with Gasteiger partial charge in [-0.05, 0) is 0 Å². The molecule has 120 valence electrons. The zero-order valence-electron chi connectivity index (χ0n) is 11.4. The maximum absolute atomic E-state index is 11.2. The Hall–Kier alpha value is -0.960. The molecule has 0 fully saturated rings. The zero-order chi connectivity index (χ0) is 16.7. The molecule has 0 bridgehead atoms. The van der Waals surface area contributed by atoms with Crippen LogP contribution in [0.2, 0.25) is 0 Å². The van der Waals surface area contributed by atoms with Gasteiger partial charge in [-0.2, -0.15) is 0 Å². The van der Waals surface area contributed by atoms with Crippen LogP contribution < -0.4 is 9.05 Å². The first-order valence-corrected chi connectivity index (χ1v) is 11.1. The van der Waals surface area contributed by atoms with Crippen LogP contribution in [0.3, 0.4) is 0 Å². The fraction of sp³-hybridized carbons (Fsp3) is 0. The van der Waals surface area contributed by atoms with Gasteiger partial charge in [0.25, 0.3) is 0 Å². The van der Waals surface area contributed by atoms with E-state index in [9.17, 15) is 4.79 Å². The van der Waals surface area contributed by atoms with Gasteiger partial charge in [-0.25, -0.2) is 0 Å². The predicted molar refractivity (Wildman–Crippen MR) is 96.8 cm³/mol. The van der Waals surface area contributed by atoms with Crippen molar-refractivity contribution in [2.45, 2.75) is 0 Å². The van der Waals surface area contributed by atoms with Gasteiger partial charge in [0.05, 0.1) is 0 Å². The van der Waals surface area contributed by atoms with Crippen molar-refractivity contribution in [2.75, 3.05) is 0 Å². The van der Waals surface area contributed by atoms with Gasteiger partial charge in [-0.3, -0.25) is 0 Å². The average molecular weight is 410 g/mol. The molecule has 0 saturated carbocycles. The molecule has 1 aliphatic rings. The summed E-state index contributed by atoms with van der Waals surface area (Å²) in [6.45, 7) is 0. The van der Waals surface area contributed by atoms with Crippen LogP contribution >= 0.6 is 51.4 Å². The maximum atomic E-state index is 11.2. The van der Waals surface area contributed by atoms with Gasteiger partial charge < -0.3 is 0 Å². The Morgan fingerprint density at radius 3 is 2.22 bits per heavy atom. The van der Waals surface area contributed by atoms with Crippen LogP contribution in [-0.4, -0.2) is 5.24 Å². The first-order valence-electron chi connectivity index (χ1n) is 6.39. The van der Waals surface area contributed by atoms with Crippen LogP contribution in [0.4, 0.5) is 0 Å². The molecule has 0 atom stereocenters. The van der Waals surface area contributed by atoms with Crippen LogP contribution in [0.25, 0.3) is 5.03 Å². The molecule has 0 saturated heterocycles. The van der Waals surface area contributed by atoms with Crippen LogP contribution in [-0.2, 0) is 0 Å². The number of rotatable bonds is 3. The first kappa shape index (κ1) is 16.9. The number of hydrogen-bond acceptors (Lipinski definition) is 3. The van der Waals surface area contributed by atoms with Crippen LogP contribution in [0.5, 0.6) is 11.5 Å². The fourth-order valence-corrected chi connectivity index (χ4v) is 6.22. The van der Waals surface area contributed by atoms with E-state index in [1.165, 1.54) is 24.0 Å². The number of benzene rings is 2. The summed E-state index contributed by atoms with van der Waals surface area (Å²) < 4.78 is 11.3. The molecule has 1 aliphatic heterocycles. The van der Waals surface area contributed by atoms with Gasteiger partial charge in [-0.15, -0.1) is 0 Å². The molecule has 0 amide bonds. The van der Waals surface area contributed by atoms with E-state index in [1.807, 2.05) is 18.2 Å². The predicted octanol–water partition coefficient (Wildman–Crippen LogP) is 6.77. The van der Waals surface area contributed by atoms with Crippen molar-refractivity contribution in [1.29, 1.82) is 0 Å². The number of halogens is 4. The third kappa shape index (κ3) is 3.60. The van der Waals surface area contributed by atoms with Crippen molar-refractivity contribution in [3.8, 4) is 11.5 Å². The van der Waals surface area contributed by atoms with E-state index in [1.54, 1.807) is 12.1 Å². The molecule has 2 aromatic carbocycles. The summed E-state index contributed by atoms with van der Waals surface area (Å²) in [5.74, 6) is -2.25. The Kier molecular flexibility index (Phi) is 4.29. The monoisotopic (exact) mass is 408 g/mol. The topological polar surface area (TPSA) is 35.5 Å². The van der Waals surface area contributed by atoms with E-state index in [4.69, 9.17) is 54.7 Å². The van der Waals surface area contributed by atoms with E-state index in [0.717, 1.165) is 5.56 Å². The van der Waals surface area contributed by atoms with E-state index in [0.29, 0.717) is 10.8 Å². The number of fused-ring (bicyclic) bond motifs is 1. The number of carbonyl (C=O) groups excluding carboxylic acids is 1. The van der Waals surface area contributed by atoms with Gasteiger partial charge in [0.2, 0.25) is 0 Å². The first-order chi connectivity index (χ1) is 10.7. The number of hydrogen-bond donors (Lipinski definition) is 0. The second kappa shape index (κ2) is 5.84. The SMILES string of the molecule is O=C(Cl)c1ccc2c(c1)OP(Cl)(Cl)(C=C(Cl)c1ccccc1)O2. The molecule has 8 heteroatoms. The third-order valence-electron chi connectivity index (χ3n) is 3.05. The van der Waals surface area contributed by atoms with Crippen molar-refractivity contribution in [3.05, 3.63) is 65.5 Å². The van der Waals surface area contributed by atoms with E-state index >= 15 is 0 Å². The van der Waals surface area contributed by atoms with Crippen molar-refractivity contribution < 1.29 is 13.8 Å². The second-order valence-electron chi connectivity index (χ2n) is 4.78. The molecule has 2 aromatic rings. The standard InChI is InChI=1S/C15H9Cl4O3P/c16-12(10-4-2-1-3-5-10)9-23(18,19)21-13-7-6-11(15(17)20)8-14(13)22-23/h1-9H. The summed E-state index contributed by atoms with van der Waals surface area (Å²) in [5.41, 5.74) is 0.972. The summed E-state index contributed by atoms with van der Waals surface area (Å²) in [6.07, 6.45) is 0. The molecule has 3 rings (SSSR count). The molecule has 23 heavy (non-hydrogen) atoms. The summed E-state index contributed by atoms with van der Waals surface area (Å²) >= 11 is 24.6. The molecule has 0 aliphatic carbocycles. The normalized spacial score (nSPS) is 19.7. The number of carbonyl (C=O) groups is 1. The Bertz CT molecular complexity index is 821.